The smallest absolute Gasteiger partial charge is 0.259 e. The van der Waals surface area contributed by atoms with E-state index in [1.165, 1.54) is 17.1 Å². The van der Waals surface area contributed by atoms with Crippen LogP contribution in [0, 0.1) is 6.92 Å². The molecule has 0 spiro atoms. The molecule has 2 aliphatic heterocycles. The highest BCUT2D eigenvalue weighted by molar-refractivity contribution is 6.35. The number of para-hydroxylation sites is 1. The molecule has 0 aromatic heterocycles. The minimum absolute atomic E-state index is 0.274. The monoisotopic (exact) mass is 374 g/mol. The van der Waals surface area contributed by atoms with Crippen molar-refractivity contribution >= 4 is 34.9 Å². The number of nitrogens with one attached hydrogen (secondary N) is 1. The SMILES string of the molecule is CC1=C(c2ccccc2)C(=O)NC1=O.Cc1ccccc1N1C(=O)C=CC1=O. The van der Waals surface area contributed by atoms with Gasteiger partial charge in [-0.25, -0.2) is 4.90 Å². The van der Waals surface area contributed by atoms with Crippen LogP contribution >= 0.6 is 0 Å². The van der Waals surface area contributed by atoms with Gasteiger partial charge in [0, 0.05) is 17.7 Å². The van der Waals surface area contributed by atoms with Crippen LogP contribution in [0.4, 0.5) is 5.69 Å². The van der Waals surface area contributed by atoms with Crippen LogP contribution in [0.1, 0.15) is 18.1 Å². The first-order valence-corrected chi connectivity index (χ1v) is 8.64. The fourth-order valence-corrected chi connectivity index (χ4v) is 2.95. The molecule has 6 heteroatoms. The molecule has 28 heavy (non-hydrogen) atoms. The van der Waals surface area contributed by atoms with Crippen LogP contribution < -0.4 is 10.2 Å². The molecule has 0 radical (unpaired) electrons. The predicted octanol–water partition coefficient (Wildman–Crippen LogP) is 2.54. The highest BCUT2D eigenvalue weighted by atomic mass is 16.2. The van der Waals surface area contributed by atoms with Gasteiger partial charge in [-0.15, -0.1) is 0 Å². The highest BCUT2D eigenvalue weighted by Crippen LogP contribution is 2.23. The van der Waals surface area contributed by atoms with Gasteiger partial charge >= 0.3 is 0 Å². The molecule has 2 aromatic carbocycles. The van der Waals surface area contributed by atoms with E-state index < -0.39 is 0 Å². The predicted molar refractivity (Wildman–Crippen MR) is 105 cm³/mol. The van der Waals surface area contributed by atoms with Crippen LogP contribution in [0.2, 0.25) is 0 Å². The maximum Gasteiger partial charge on any atom is 0.259 e. The third kappa shape index (κ3) is 3.66. The number of imide groups is 2. The van der Waals surface area contributed by atoms with Crippen molar-refractivity contribution in [1.29, 1.82) is 0 Å². The van der Waals surface area contributed by atoms with Gasteiger partial charge in [0.15, 0.2) is 0 Å². The molecule has 1 N–H and O–H groups in total. The Morgan fingerprint density at radius 2 is 1.29 bits per heavy atom. The Labute approximate surface area is 162 Å². The van der Waals surface area contributed by atoms with Gasteiger partial charge in [-0.05, 0) is 31.0 Å². The van der Waals surface area contributed by atoms with Crippen LogP contribution in [0.15, 0.2) is 72.3 Å². The minimum Gasteiger partial charge on any atom is -0.288 e. The quantitative estimate of drug-likeness (QED) is 0.819. The Kier molecular flexibility index (Phi) is 5.31. The van der Waals surface area contributed by atoms with Gasteiger partial charge in [0.2, 0.25) is 0 Å². The van der Waals surface area contributed by atoms with Crippen LogP contribution in [-0.4, -0.2) is 23.6 Å². The Morgan fingerprint density at radius 3 is 1.82 bits per heavy atom. The fraction of sp³-hybridized carbons (Fsp3) is 0.0909. The largest absolute Gasteiger partial charge is 0.288 e. The molecule has 0 atom stereocenters. The van der Waals surface area contributed by atoms with E-state index in [2.05, 4.69) is 5.32 Å². The zero-order valence-electron chi connectivity index (χ0n) is 15.4. The standard InChI is InChI=1S/2C11H9NO2/c1-8-4-2-3-5-9(8)12-10(13)6-7-11(12)14;1-7-9(11(14)12-10(7)13)8-5-3-2-4-6-8/h2-7H,1H3;2-6H,1H3,(H,12,13,14). The molecule has 140 valence electrons. The van der Waals surface area contributed by atoms with Gasteiger partial charge in [0.05, 0.1) is 11.3 Å². The zero-order valence-corrected chi connectivity index (χ0v) is 15.4. The fourth-order valence-electron chi connectivity index (χ4n) is 2.95. The number of rotatable bonds is 2. The molecule has 2 aliphatic rings. The van der Waals surface area contributed by atoms with E-state index in [4.69, 9.17) is 0 Å². The number of amides is 4. The number of carbonyl (C=O) groups excluding carboxylic acids is 4. The van der Waals surface area contributed by atoms with Crippen molar-refractivity contribution in [2.75, 3.05) is 4.90 Å². The molecule has 0 saturated heterocycles. The average molecular weight is 374 g/mol. The molecule has 2 heterocycles. The van der Waals surface area contributed by atoms with Crippen LogP contribution in [0.25, 0.3) is 5.57 Å². The van der Waals surface area contributed by atoms with Crippen LogP contribution in [-0.2, 0) is 19.2 Å². The summed E-state index contributed by atoms with van der Waals surface area (Å²) in [5.74, 6) is -1.15. The number of hydrogen-bond donors (Lipinski definition) is 1. The Bertz CT molecular complexity index is 1020. The molecular formula is C22H18N2O4. The third-order valence-corrected chi connectivity index (χ3v) is 4.40. The summed E-state index contributed by atoms with van der Waals surface area (Å²) in [5, 5.41) is 2.26. The van der Waals surface area contributed by atoms with Gasteiger partial charge in [-0.1, -0.05) is 48.5 Å². The molecule has 0 unspecified atom stereocenters. The maximum absolute atomic E-state index is 11.4. The second kappa shape index (κ2) is 7.84. The van der Waals surface area contributed by atoms with E-state index >= 15 is 0 Å². The van der Waals surface area contributed by atoms with E-state index in [0.29, 0.717) is 16.8 Å². The van der Waals surface area contributed by atoms with E-state index in [-0.39, 0.29) is 23.6 Å². The summed E-state index contributed by atoms with van der Waals surface area (Å²) in [6, 6.07) is 16.5. The van der Waals surface area contributed by atoms with Gasteiger partial charge < -0.3 is 0 Å². The topological polar surface area (TPSA) is 83.6 Å². The molecule has 0 aliphatic carbocycles. The Hall–Kier alpha value is -3.80. The summed E-state index contributed by atoms with van der Waals surface area (Å²) in [5.41, 5.74) is 3.33. The van der Waals surface area contributed by atoms with Crippen molar-refractivity contribution < 1.29 is 19.2 Å². The number of aryl methyl sites for hydroxylation is 1. The lowest BCUT2D eigenvalue weighted by Crippen LogP contribution is -2.30. The van der Waals surface area contributed by atoms with Crippen molar-refractivity contribution in [2.45, 2.75) is 13.8 Å². The maximum atomic E-state index is 11.4. The number of hydrogen-bond acceptors (Lipinski definition) is 4. The van der Waals surface area contributed by atoms with Crippen LogP contribution in [0.3, 0.4) is 0 Å². The van der Waals surface area contributed by atoms with E-state index in [1.807, 2.05) is 49.4 Å². The van der Waals surface area contributed by atoms with Crippen molar-refractivity contribution in [3.63, 3.8) is 0 Å². The van der Waals surface area contributed by atoms with Gasteiger partial charge in [0.25, 0.3) is 23.6 Å². The lowest BCUT2D eigenvalue weighted by molar-refractivity contribution is -0.124. The first-order chi connectivity index (χ1) is 13.4. The van der Waals surface area contributed by atoms with Crippen molar-refractivity contribution in [3.8, 4) is 0 Å². The molecule has 6 nitrogen and oxygen atoms in total. The first kappa shape index (κ1) is 19.0. The van der Waals surface area contributed by atoms with E-state index in [9.17, 15) is 19.2 Å². The molecule has 4 rings (SSSR count). The Balaban J connectivity index is 0.000000161. The molecule has 0 bridgehead atoms. The normalized spacial score (nSPS) is 15.7. The van der Waals surface area contributed by atoms with Crippen molar-refractivity contribution in [2.24, 2.45) is 0 Å². The summed E-state index contributed by atoms with van der Waals surface area (Å²) < 4.78 is 0. The molecule has 0 fully saturated rings. The van der Waals surface area contributed by atoms with Crippen molar-refractivity contribution in [1.82, 2.24) is 5.32 Å². The van der Waals surface area contributed by atoms with Crippen molar-refractivity contribution in [3.05, 3.63) is 83.4 Å². The second-order valence-corrected chi connectivity index (χ2v) is 6.28. The molecule has 0 saturated carbocycles. The van der Waals surface area contributed by atoms with E-state index in [0.717, 1.165) is 11.1 Å². The molecular weight excluding hydrogens is 356 g/mol. The van der Waals surface area contributed by atoms with E-state index in [1.54, 1.807) is 19.1 Å². The Morgan fingerprint density at radius 1 is 0.714 bits per heavy atom. The second-order valence-electron chi connectivity index (χ2n) is 6.28. The number of carbonyl (C=O) groups is 4. The summed E-state index contributed by atoms with van der Waals surface area (Å²) in [6.45, 7) is 3.52. The lowest BCUT2D eigenvalue weighted by atomic mass is 10.0. The highest BCUT2D eigenvalue weighted by Gasteiger charge is 2.27. The van der Waals surface area contributed by atoms with Crippen LogP contribution in [0.5, 0.6) is 0 Å². The third-order valence-electron chi connectivity index (χ3n) is 4.40. The lowest BCUT2D eigenvalue weighted by Gasteiger charge is -2.15. The van der Waals surface area contributed by atoms with Gasteiger partial charge in [-0.3, -0.25) is 24.5 Å². The molecule has 2 aromatic rings. The minimum atomic E-state index is -0.307. The molecule has 4 amide bonds. The van der Waals surface area contributed by atoms with Gasteiger partial charge in [0.1, 0.15) is 0 Å². The van der Waals surface area contributed by atoms with Gasteiger partial charge in [-0.2, -0.15) is 0 Å². The average Bonchev–Trinajstić information content (AvgIpc) is 3.14. The number of anilines is 1. The summed E-state index contributed by atoms with van der Waals surface area (Å²) in [7, 11) is 0. The number of benzene rings is 2. The summed E-state index contributed by atoms with van der Waals surface area (Å²) >= 11 is 0. The zero-order chi connectivity index (χ0) is 20.3. The number of nitrogens with zero attached hydrogens (tertiary/aromatic N) is 1. The summed E-state index contributed by atoms with van der Waals surface area (Å²) in [6.07, 6.45) is 2.57. The summed E-state index contributed by atoms with van der Waals surface area (Å²) in [4.78, 5) is 46.5. The first-order valence-electron chi connectivity index (χ1n) is 8.64.